The summed E-state index contributed by atoms with van der Waals surface area (Å²) in [5, 5.41) is 2.93. The Bertz CT molecular complexity index is 1120. The van der Waals surface area contributed by atoms with Crippen LogP contribution < -0.4 is 5.32 Å². The summed E-state index contributed by atoms with van der Waals surface area (Å²) in [5.74, 6) is -0.289. The maximum absolute atomic E-state index is 12.9. The van der Waals surface area contributed by atoms with Crippen molar-refractivity contribution in [3.63, 3.8) is 0 Å². The van der Waals surface area contributed by atoms with E-state index >= 15 is 0 Å². The SMILES string of the molecule is CCN(CC)C(=O)c1ccccc1NC(=O)c1ccc(CN2CCc3ccccc3C2)cc1. The molecule has 1 heterocycles. The zero-order chi connectivity index (χ0) is 23.2. The van der Waals surface area contributed by atoms with E-state index in [4.69, 9.17) is 0 Å². The summed E-state index contributed by atoms with van der Waals surface area (Å²) >= 11 is 0. The second kappa shape index (κ2) is 10.5. The molecule has 0 saturated heterocycles. The minimum atomic E-state index is -0.215. The lowest BCUT2D eigenvalue weighted by Crippen LogP contribution is -2.31. The van der Waals surface area contributed by atoms with Crippen LogP contribution in [0.1, 0.15) is 51.3 Å². The second-order valence-electron chi connectivity index (χ2n) is 8.40. The van der Waals surface area contributed by atoms with Gasteiger partial charge >= 0.3 is 0 Å². The summed E-state index contributed by atoms with van der Waals surface area (Å²) in [4.78, 5) is 29.9. The molecular weight excluding hydrogens is 410 g/mol. The van der Waals surface area contributed by atoms with Crippen LogP contribution >= 0.6 is 0 Å². The molecule has 0 atom stereocenters. The molecule has 0 fully saturated rings. The average Bonchev–Trinajstić information content (AvgIpc) is 2.85. The van der Waals surface area contributed by atoms with Gasteiger partial charge in [0.25, 0.3) is 11.8 Å². The maximum Gasteiger partial charge on any atom is 0.255 e. The van der Waals surface area contributed by atoms with Crippen molar-refractivity contribution in [2.24, 2.45) is 0 Å². The van der Waals surface area contributed by atoms with Gasteiger partial charge < -0.3 is 10.2 Å². The molecule has 170 valence electrons. The fourth-order valence-electron chi connectivity index (χ4n) is 4.36. The van der Waals surface area contributed by atoms with E-state index in [9.17, 15) is 9.59 Å². The fourth-order valence-corrected chi connectivity index (χ4v) is 4.36. The largest absolute Gasteiger partial charge is 0.339 e. The minimum absolute atomic E-state index is 0.0747. The van der Waals surface area contributed by atoms with Gasteiger partial charge in [-0.1, -0.05) is 48.5 Å². The van der Waals surface area contributed by atoms with Crippen LogP contribution in [0.4, 0.5) is 5.69 Å². The Labute approximate surface area is 196 Å². The lowest BCUT2D eigenvalue weighted by Gasteiger charge is -2.28. The van der Waals surface area contributed by atoms with Gasteiger partial charge in [0.1, 0.15) is 0 Å². The molecule has 2 amide bonds. The molecule has 3 aromatic carbocycles. The van der Waals surface area contributed by atoms with E-state index in [1.54, 1.807) is 17.0 Å². The van der Waals surface area contributed by atoms with Gasteiger partial charge in [-0.2, -0.15) is 0 Å². The van der Waals surface area contributed by atoms with Crippen molar-refractivity contribution in [3.05, 3.63) is 101 Å². The van der Waals surface area contributed by atoms with Crippen molar-refractivity contribution in [1.82, 2.24) is 9.80 Å². The third-order valence-electron chi connectivity index (χ3n) is 6.29. The van der Waals surface area contributed by atoms with Crippen LogP contribution in [0, 0.1) is 0 Å². The highest BCUT2D eigenvalue weighted by molar-refractivity contribution is 6.09. The third-order valence-corrected chi connectivity index (χ3v) is 6.29. The van der Waals surface area contributed by atoms with E-state index in [0.717, 1.165) is 26.1 Å². The van der Waals surface area contributed by atoms with Gasteiger partial charge in [-0.15, -0.1) is 0 Å². The summed E-state index contributed by atoms with van der Waals surface area (Å²) in [6.45, 7) is 8.01. The highest BCUT2D eigenvalue weighted by Crippen LogP contribution is 2.21. The van der Waals surface area contributed by atoms with Crippen molar-refractivity contribution in [2.45, 2.75) is 33.4 Å². The molecule has 3 aromatic rings. The topological polar surface area (TPSA) is 52.7 Å². The molecule has 0 bridgehead atoms. The van der Waals surface area contributed by atoms with E-state index in [1.165, 1.54) is 16.7 Å². The molecule has 33 heavy (non-hydrogen) atoms. The first-order chi connectivity index (χ1) is 16.1. The van der Waals surface area contributed by atoms with Crippen molar-refractivity contribution in [3.8, 4) is 0 Å². The Morgan fingerprint density at radius 3 is 2.27 bits per heavy atom. The molecule has 0 spiro atoms. The summed E-state index contributed by atoms with van der Waals surface area (Å²) in [6, 6.07) is 23.6. The number of nitrogens with zero attached hydrogens (tertiary/aromatic N) is 2. The molecule has 0 saturated carbocycles. The van der Waals surface area contributed by atoms with E-state index in [1.807, 2.05) is 50.2 Å². The predicted octanol–water partition coefficient (Wildman–Crippen LogP) is 4.98. The second-order valence-corrected chi connectivity index (χ2v) is 8.40. The number of benzene rings is 3. The monoisotopic (exact) mass is 441 g/mol. The number of fused-ring (bicyclic) bond motifs is 1. The molecule has 0 radical (unpaired) electrons. The van der Waals surface area contributed by atoms with Crippen molar-refractivity contribution in [2.75, 3.05) is 25.0 Å². The van der Waals surface area contributed by atoms with Crippen LogP contribution in [0.3, 0.4) is 0 Å². The van der Waals surface area contributed by atoms with Gasteiger partial charge in [-0.05, 0) is 61.2 Å². The van der Waals surface area contributed by atoms with Gasteiger partial charge in [-0.25, -0.2) is 0 Å². The van der Waals surface area contributed by atoms with E-state index < -0.39 is 0 Å². The quantitative estimate of drug-likeness (QED) is 0.563. The van der Waals surface area contributed by atoms with Gasteiger partial charge in [0.05, 0.1) is 11.3 Å². The zero-order valence-corrected chi connectivity index (χ0v) is 19.4. The highest BCUT2D eigenvalue weighted by Gasteiger charge is 2.19. The number of hydrogen-bond donors (Lipinski definition) is 1. The fraction of sp³-hybridized carbons (Fsp3) is 0.286. The maximum atomic E-state index is 12.9. The summed E-state index contributed by atoms with van der Waals surface area (Å²) in [5.41, 5.74) is 5.65. The molecule has 5 nitrogen and oxygen atoms in total. The Morgan fingerprint density at radius 2 is 1.55 bits per heavy atom. The lowest BCUT2D eigenvalue weighted by atomic mass is 9.99. The van der Waals surface area contributed by atoms with Crippen molar-refractivity contribution >= 4 is 17.5 Å². The first-order valence-corrected chi connectivity index (χ1v) is 11.7. The molecule has 0 aliphatic carbocycles. The van der Waals surface area contributed by atoms with Crippen LogP contribution in [0.25, 0.3) is 0 Å². The van der Waals surface area contributed by atoms with E-state index in [-0.39, 0.29) is 11.8 Å². The van der Waals surface area contributed by atoms with Gasteiger partial charge in [0, 0.05) is 38.3 Å². The van der Waals surface area contributed by atoms with E-state index in [2.05, 4.69) is 34.5 Å². The first-order valence-electron chi connectivity index (χ1n) is 11.7. The summed E-state index contributed by atoms with van der Waals surface area (Å²) in [7, 11) is 0. The van der Waals surface area contributed by atoms with Gasteiger partial charge in [-0.3, -0.25) is 14.5 Å². The number of para-hydroxylation sites is 1. The lowest BCUT2D eigenvalue weighted by molar-refractivity contribution is 0.0774. The van der Waals surface area contributed by atoms with Crippen LogP contribution in [-0.4, -0.2) is 41.2 Å². The average molecular weight is 442 g/mol. The van der Waals surface area contributed by atoms with Gasteiger partial charge in [0.2, 0.25) is 0 Å². The molecule has 0 unspecified atom stereocenters. The van der Waals surface area contributed by atoms with Crippen LogP contribution in [0.2, 0.25) is 0 Å². The summed E-state index contributed by atoms with van der Waals surface area (Å²) in [6.07, 6.45) is 1.07. The number of hydrogen-bond acceptors (Lipinski definition) is 3. The number of rotatable bonds is 7. The van der Waals surface area contributed by atoms with Crippen molar-refractivity contribution < 1.29 is 9.59 Å². The third kappa shape index (κ3) is 5.32. The number of nitrogens with one attached hydrogen (secondary N) is 1. The normalized spacial score (nSPS) is 13.3. The molecule has 0 aromatic heterocycles. The van der Waals surface area contributed by atoms with E-state index in [0.29, 0.717) is 29.9 Å². The Morgan fingerprint density at radius 1 is 0.879 bits per heavy atom. The van der Waals surface area contributed by atoms with Crippen LogP contribution in [-0.2, 0) is 19.5 Å². The van der Waals surface area contributed by atoms with Crippen LogP contribution in [0.5, 0.6) is 0 Å². The molecular formula is C28H31N3O2. The molecule has 1 aliphatic heterocycles. The molecule has 5 heteroatoms. The number of carbonyl (C=O) groups excluding carboxylic acids is 2. The number of amides is 2. The number of carbonyl (C=O) groups is 2. The molecule has 1 aliphatic rings. The number of anilines is 1. The predicted molar refractivity (Wildman–Crippen MR) is 132 cm³/mol. The highest BCUT2D eigenvalue weighted by atomic mass is 16.2. The van der Waals surface area contributed by atoms with Crippen molar-refractivity contribution in [1.29, 1.82) is 0 Å². The molecule has 4 rings (SSSR count). The first kappa shape index (κ1) is 22.7. The Kier molecular flexibility index (Phi) is 7.20. The summed E-state index contributed by atoms with van der Waals surface area (Å²) < 4.78 is 0. The smallest absolute Gasteiger partial charge is 0.255 e. The Hall–Kier alpha value is -3.44. The zero-order valence-electron chi connectivity index (χ0n) is 19.4. The Balaban J connectivity index is 1.41. The van der Waals surface area contributed by atoms with Crippen LogP contribution in [0.15, 0.2) is 72.8 Å². The molecule has 1 N–H and O–H groups in total. The van der Waals surface area contributed by atoms with Gasteiger partial charge in [0.15, 0.2) is 0 Å². The minimum Gasteiger partial charge on any atom is -0.339 e. The standard InChI is InChI=1S/C28H31N3O2/c1-3-31(4-2)28(33)25-11-7-8-12-26(25)29-27(32)23-15-13-21(14-16-23)19-30-18-17-22-9-5-6-10-24(22)20-30/h5-16H,3-4,17-20H2,1-2H3,(H,29,32).